The van der Waals surface area contributed by atoms with E-state index in [1.807, 2.05) is 18.2 Å². The van der Waals surface area contributed by atoms with Crippen LogP contribution in [0.5, 0.6) is 0 Å². The van der Waals surface area contributed by atoms with E-state index in [0.717, 1.165) is 37.4 Å². The first kappa shape index (κ1) is 15.1. The molecule has 1 saturated carbocycles. The highest BCUT2D eigenvalue weighted by Crippen LogP contribution is 2.39. The number of rotatable bonds is 4. The quantitative estimate of drug-likeness (QED) is 0.936. The molecule has 6 nitrogen and oxygen atoms in total. The molecule has 1 aliphatic heterocycles. The highest BCUT2D eigenvalue weighted by molar-refractivity contribution is 5.91. The third-order valence-electron chi connectivity index (χ3n) is 4.76. The Morgan fingerprint density at radius 1 is 1.12 bits per heavy atom. The number of aromatic nitrogens is 3. The summed E-state index contributed by atoms with van der Waals surface area (Å²) < 4.78 is 0. The lowest BCUT2D eigenvalue weighted by molar-refractivity contribution is -0.120. The zero-order valence-electron chi connectivity index (χ0n) is 13.6. The van der Waals surface area contributed by atoms with Crippen molar-refractivity contribution in [3.8, 4) is 0 Å². The van der Waals surface area contributed by atoms with E-state index in [0.29, 0.717) is 11.7 Å². The highest BCUT2D eigenvalue weighted by Gasteiger charge is 2.27. The van der Waals surface area contributed by atoms with Crippen LogP contribution in [0.3, 0.4) is 0 Å². The second kappa shape index (κ2) is 6.55. The van der Waals surface area contributed by atoms with Gasteiger partial charge in [0.2, 0.25) is 5.91 Å². The number of anilines is 2. The molecular weight excluding hydrogens is 302 g/mol. The Kier molecular flexibility index (Phi) is 4.11. The van der Waals surface area contributed by atoms with E-state index < -0.39 is 0 Å². The van der Waals surface area contributed by atoms with Crippen molar-refractivity contribution in [3.05, 3.63) is 42.5 Å². The van der Waals surface area contributed by atoms with Crippen LogP contribution in [0.25, 0.3) is 0 Å². The van der Waals surface area contributed by atoms with E-state index in [-0.39, 0.29) is 11.8 Å². The lowest BCUT2D eigenvalue weighted by atomic mass is 9.96. The molecule has 4 rings (SSSR count). The molecule has 24 heavy (non-hydrogen) atoms. The molecule has 0 bridgehead atoms. The Morgan fingerprint density at radius 3 is 2.67 bits per heavy atom. The van der Waals surface area contributed by atoms with Crippen LogP contribution in [0.4, 0.5) is 11.6 Å². The second-order valence-electron chi connectivity index (χ2n) is 6.54. The maximum atomic E-state index is 12.5. The van der Waals surface area contributed by atoms with Crippen molar-refractivity contribution in [1.82, 2.24) is 15.0 Å². The van der Waals surface area contributed by atoms with Gasteiger partial charge < -0.3 is 10.2 Å². The number of hydrogen-bond donors (Lipinski definition) is 1. The first-order chi connectivity index (χ1) is 11.8. The molecule has 1 saturated heterocycles. The van der Waals surface area contributed by atoms with Crippen LogP contribution in [-0.2, 0) is 4.79 Å². The van der Waals surface area contributed by atoms with Gasteiger partial charge in [-0.1, -0.05) is 6.07 Å². The Bertz CT molecular complexity index is 708. The Morgan fingerprint density at radius 2 is 1.96 bits per heavy atom. The van der Waals surface area contributed by atoms with E-state index in [1.54, 1.807) is 18.6 Å². The lowest BCUT2D eigenvalue weighted by Gasteiger charge is -2.31. The van der Waals surface area contributed by atoms with Gasteiger partial charge in [-0.3, -0.25) is 9.78 Å². The molecule has 2 aliphatic rings. The summed E-state index contributed by atoms with van der Waals surface area (Å²) >= 11 is 0. The molecule has 2 fully saturated rings. The molecule has 124 valence electrons. The van der Waals surface area contributed by atoms with Crippen LogP contribution in [-0.4, -0.2) is 33.9 Å². The molecule has 0 radical (unpaired) electrons. The number of nitrogens with zero attached hydrogens (tertiary/aromatic N) is 4. The van der Waals surface area contributed by atoms with Crippen LogP contribution >= 0.6 is 0 Å². The second-order valence-corrected chi connectivity index (χ2v) is 6.54. The standard InChI is InChI=1S/C18H21N5O/c24-18(22-16-3-1-2-15(21-16)13-4-5-13)14-6-10-23(11-7-14)17-12-19-8-9-20-17/h1-3,8-9,12-14H,4-7,10-11H2,(H,21,22,24). The van der Waals surface area contributed by atoms with Gasteiger partial charge in [0.1, 0.15) is 11.6 Å². The van der Waals surface area contributed by atoms with E-state index in [1.165, 1.54) is 12.8 Å². The van der Waals surface area contributed by atoms with Crippen molar-refractivity contribution in [2.24, 2.45) is 5.92 Å². The average Bonchev–Trinajstić information content (AvgIpc) is 3.48. The van der Waals surface area contributed by atoms with Crippen LogP contribution in [0, 0.1) is 5.92 Å². The van der Waals surface area contributed by atoms with Crippen LogP contribution in [0.1, 0.15) is 37.3 Å². The molecule has 1 aliphatic carbocycles. The fourth-order valence-electron chi connectivity index (χ4n) is 3.18. The molecule has 6 heteroatoms. The molecule has 2 aromatic heterocycles. The van der Waals surface area contributed by atoms with E-state index in [2.05, 4.69) is 25.2 Å². The predicted octanol–water partition coefficient (Wildman–Crippen LogP) is 2.60. The third-order valence-corrected chi connectivity index (χ3v) is 4.76. The monoisotopic (exact) mass is 323 g/mol. The number of piperidine rings is 1. The number of hydrogen-bond acceptors (Lipinski definition) is 5. The zero-order chi connectivity index (χ0) is 16.4. The van der Waals surface area contributed by atoms with E-state index >= 15 is 0 Å². The summed E-state index contributed by atoms with van der Waals surface area (Å²) in [7, 11) is 0. The van der Waals surface area contributed by atoms with Gasteiger partial charge in [0.25, 0.3) is 0 Å². The van der Waals surface area contributed by atoms with Crippen LogP contribution in [0.15, 0.2) is 36.8 Å². The summed E-state index contributed by atoms with van der Waals surface area (Å²) in [5, 5.41) is 2.99. The minimum Gasteiger partial charge on any atom is -0.355 e. The van der Waals surface area contributed by atoms with Gasteiger partial charge in [-0.2, -0.15) is 0 Å². The molecule has 2 aromatic rings. The van der Waals surface area contributed by atoms with Crippen LogP contribution in [0.2, 0.25) is 0 Å². The van der Waals surface area contributed by atoms with Crippen molar-refractivity contribution in [3.63, 3.8) is 0 Å². The van der Waals surface area contributed by atoms with E-state index in [9.17, 15) is 4.79 Å². The Balaban J connectivity index is 1.34. The Hall–Kier alpha value is -2.50. The molecule has 0 atom stereocenters. The summed E-state index contributed by atoms with van der Waals surface area (Å²) in [6, 6.07) is 5.90. The molecule has 1 N–H and O–H groups in total. The maximum absolute atomic E-state index is 12.5. The summed E-state index contributed by atoms with van der Waals surface area (Å²) in [6.45, 7) is 1.65. The number of carbonyl (C=O) groups excluding carboxylic acids is 1. The first-order valence-corrected chi connectivity index (χ1v) is 8.58. The SMILES string of the molecule is O=C(Nc1cccc(C2CC2)n1)C1CCN(c2cnccn2)CC1. The topological polar surface area (TPSA) is 71.0 Å². The molecule has 3 heterocycles. The van der Waals surface area contributed by atoms with Gasteiger partial charge in [-0.05, 0) is 37.8 Å². The molecule has 0 unspecified atom stereocenters. The van der Waals surface area contributed by atoms with Gasteiger partial charge in [-0.25, -0.2) is 9.97 Å². The average molecular weight is 323 g/mol. The third kappa shape index (κ3) is 3.37. The van der Waals surface area contributed by atoms with Gasteiger partial charge >= 0.3 is 0 Å². The van der Waals surface area contributed by atoms with Crippen molar-refractivity contribution < 1.29 is 4.79 Å². The fraction of sp³-hybridized carbons (Fsp3) is 0.444. The van der Waals surface area contributed by atoms with E-state index in [4.69, 9.17) is 0 Å². The number of nitrogens with one attached hydrogen (secondary N) is 1. The number of pyridine rings is 1. The Labute approximate surface area is 141 Å². The van der Waals surface area contributed by atoms with Gasteiger partial charge in [-0.15, -0.1) is 0 Å². The largest absolute Gasteiger partial charge is 0.355 e. The number of amides is 1. The van der Waals surface area contributed by atoms with Crippen molar-refractivity contribution in [2.45, 2.75) is 31.6 Å². The smallest absolute Gasteiger partial charge is 0.228 e. The summed E-state index contributed by atoms with van der Waals surface area (Å²) in [5.74, 6) is 2.27. The fourth-order valence-corrected chi connectivity index (χ4v) is 3.18. The van der Waals surface area contributed by atoms with Crippen molar-refractivity contribution in [2.75, 3.05) is 23.3 Å². The van der Waals surface area contributed by atoms with Gasteiger partial charge in [0, 0.05) is 43.0 Å². The minimum absolute atomic E-state index is 0.0318. The normalized spacial score (nSPS) is 18.4. The van der Waals surface area contributed by atoms with Crippen molar-refractivity contribution in [1.29, 1.82) is 0 Å². The lowest BCUT2D eigenvalue weighted by Crippen LogP contribution is -2.38. The summed E-state index contributed by atoms with van der Waals surface area (Å²) in [5.41, 5.74) is 1.10. The first-order valence-electron chi connectivity index (χ1n) is 8.58. The summed E-state index contributed by atoms with van der Waals surface area (Å²) in [6.07, 6.45) is 9.22. The van der Waals surface area contributed by atoms with Crippen LogP contribution < -0.4 is 10.2 Å². The molecular formula is C18H21N5O. The molecule has 0 aromatic carbocycles. The maximum Gasteiger partial charge on any atom is 0.228 e. The highest BCUT2D eigenvalue weighted by atomic mass is 16.1. The minimum atomic E-state index is 0.0318. The molecule has 1 amide bonds. The zero-order valence-corrected chi connectivity index (χ0v) is 13.6. The van der Waals surface area contributed by atoms with Crippen molar-refractivity contribution >= 4 is 17.5 Å². The van der Waals surface area contributed by atoms with Gasteiger partial charge in [0.15, 0.2) is 0 Å². The predicted molar refractivity (Wildman–Crippen MR) is 91.8 cm³/mol. The summed E-state index contributed by atoms with van der Waals surface area (Å²) in [4.78, 5) is 27.7. The van der Waals surface area contributed by atoms with Gasteiger partial charge in [0.05, 0.1) is 6.20 Å². The molecule has 0 spiro atoms. The number of carbonyl (C=O) groups is 1.